The summed E-state index contributed by atoms with van der Waals surface area (Å²) >= 11 is 1.87. The highest BCUT2D eigenvalue weighted by Gasteiger charge is 2.17. The summed E-state index contributed by atoms with van der Waals surface area (Å²) < 4.78 is 9.06. The van der Waals surface area contributed by atoms with Crippen molar-refractivity contribution < 1.29 is 4.42 Å². The second-order valence-electron chi connectivity index (χ2n) is 14.9. The monoisotopic (exact) mass is 771 g/mol. The van der Waals surface area contributed by atoms with Crippen LogP contribution in [0.5, 0.6) is 0 Å². The average Bonchev–Trinajstić information content (AvgIpc) is 3.89. The topological polar surface area (TPSA) is 16.4 Å². The van der Waals surface area contributed by atoms with Crippen molar-refractivity contribution in [1.82, 2.24) is 0 Å². The molecule has 2 aromatic heterocycles. The first-order valence-electron chi connectivity index (χ1n) is 19.9. The molecule has 11 aromatic rings. The maximum atomic E-state index is 6.42. The van der Waals surface area contributed by atoms with Gasteiger partial charge in [-0.05, 0) is 93.0 Å². The molecule has 0 aliphatic rings. The number of hydrogen-bond donors (Lipinski definition) is 0. The van der Waals surface area contributed by atoms with E-state index in [-0.39, 0.29) is 0 Å². The summed E-state index contributed by atoms with van der Waals surface area (Å²) in [5.41, 5.74) is 15.6. The molecule has 0 aliphatic carbocycles. The Morgan fingerprint density at radius 3 is 1.46 bits per heavy atom. The molecule has 0 saturated heterocycles. The minimum atomic E-state index is 0.905. The van der Waals surface area contributed by atoms with Crippen LogP contribution in [0.15, 0.2) is 217 Å². The molecule has 0 unspecified atom stereocenters. The van der Waals surface area contributed by atoms with Crippen LogP contribution in [-0.2, 0) is 0 Å². The Hall–Kier alpha value is -7.46. The van der Waals surface area contributed by atoms with Crippen molar-refractivity contribution in [2.24, 2.45) is 0 Å². The number of para-hydroxylation sites is 2. The molecule has 278 valence electrons. The van der Waals surface area contributed by atoms with Gasteiger partial charge in [0.05, 0.1) is 0 Å². The first-order chi connectivity index (χ1) is 29.2. The van der Waals surface area contributed by atoms with Crippen LogP contribution in [0.3, 0.4) is 0 Å². The Balaban J connectivity index is 0.960. The predicted octanol–water partition coefficient (Wildman–Crippen LogP) is 16.7. The van der Waals surface area contributed by atoms with Crippen molar-refractivity contribution in [2.45, 2.75) is 0 Å². The number of furan rings is 1. The predicted molar refractivity (Wildman–Crippen MR) is 253 cm³/mol. The summed E-state index contributed by atoms with van der Waals surface area (Å²) in [6.45, 7) is 3.88. The van der Waals surface area contributed by atoms with Gasteiger partial charge in [-0.1, -0.05) is 170 Å². The largest absolute Gasteiger partial charge is 0.455 e. The van der Waals surface area contributed by atoms with Gasteiger partial charge in [0.15, 0.2) is 0 Å². The van der Waals surface area contributed by atoms with E-state index in [1.165, 1.54) is 53.6 Å². The van der Waals surface area contributed by atoms with Gasteiger partial charge in [-0.2, -0.15) is 0 Å². The summed E-state index contributed by atoms with van der Waals surface area (Å²) in [5, 5.41) is 4.89. The Morgan fingerprint density at radius 2 is 0.847 bits per heavy atom. The van der Waals surface area contributed by atoms with Gasteiger partial charge in [-0.25, -0.2) is 0 Å². The average molecular weight is 772 g/mol. The second-order valence-corrected chi connectivity index (χ2v) is 16.0. The first-order valence-corrected chi connectivity index (χ1v) is 20.8. The molecule has 0 fully saturated rings. The number of thiophene rings is 1. The SMILES string of the molecule is C=Cc1ccc(-c2ccc(-c3ccc(N(c4ccc(-c5cccc6c5oc5ccccc56)cc4)c4ccc(-c5cccc6c5sc5ccccc56)cc4)cc3)cc2)cc1. The van der Waals surface area contributed by atoms with E-state index < -0.39 is 0 Å². The van der Waals surface area contributed by atoms with Crippen LogP contribution in [0.1, 0.15) is 5.56 Å². The van der Waals surface area contributed by atoms with Crippen LogP contribution in [-0.4, -0.2) is 0 Å². The highest BCUT2D eigenvalue weighted by atomic mass is 32.1. The summed E-state index contributed by atoms with van der Waals surface area (Å²) in [6.07, 6.45) is 1.88. The molecule has 0 N–H and O–H groups in total. The van der Waals surface area contributed by atoms with E-state index >= 15 is 0 Å². The van der Waals surface area contributed by atoms with Crippen molar-refractivity contribution in [2.75, 3.05) is 4.90 Å². The zero-order chi connectivity index (χ0) is 39.3. The smallest absolute Gasteiger partial charge is 0.143 e. The Labute approximate surface area is 347 Å². The van der Waals surface area contributed by atoms with Gasteiger partial charge in [0.25, 0.3) is 0 Å². The fraction of sp³-hybridized carbons (Fsp3) is 0. The zero-order valence-electron chi connectivity index (χ0n) is 32.2. The van der Waals surface area contributed by atoms with Crippen LogP contribution in [0.4, 0.5) is 17.1 Å². The number of rotatable bonds is 8. The summed E-state index contributed by atoms with van der Waals surface area (Å²) in [5.74, 6) is 0. The van der Waals surface area contributed by atoms with Crippen molar-refractivity contribution in [3.63, 3.8) is 0 Å². The van der Waals surface area contributed by atoms with E-state index in [0.717, 1.165) is 55.7 Å². The molecule has 0 saturated carbocycles. The number of hydrogen-bond acceptors (Lipinski definition) is 3. The molecule has 0 amide bonds. The van der Waals surface area contributed by atoms with Gasteiger partial charge in [-0.15, -0.1) is 11.3 Å². The molecule has 3 heteroatoms. The molecule has 0 spiro atoms. The minimum absolute atomic E-state index is 0.905. The maximum Gasteiger partial charge on any atom is 0.143 e. The van der Waals surface area contributed by atoms with Gasteiger partial charge in [-0.3, -0.25) is 0 Å². The molecule has 59 heavy (non-hydrogen) atoms. The van der Waals surface area contributed by atoms with Crippen LogP contribution < -0.4 is 4.90 Å². The minimum Gasteiger partial charge on any atom is -0.455 e. The molecular formula is C56H37NOS. The van der Waals surface area contributed by atoms with Crippen LogP contribution >= 0.6 is 11.3 Å². The van der Waals surface area contributed by atoms with Gasteiger partial charge >= 0.3 is 0 Å². The lowest BCUT2D eigenvalue weighted by molar-refractivity contribution is 0.670. The quantitative estimate of drug-likeness (QED) is 0.153. The standard InChI is InChI=1S/C56H37NOS/c1-2-37-17-19-38(20-18-37)39-21-23-40(24-22-39)41-25-31-44(32-26-41)57(45-33-27-42(28-34-45)47-11-7-13-51-49-9-3-5-15-53(49)58-55(47)51)46-35-29-43(30-36-46)48-12-8-14-52-50-10-4-6-16-54(50)59-56(48)52/h2-36H,1H2. The number of benzene rings is 9. The van der Waals surface area contributed by atoms with Crippen LogP contribution in [0.2, 0.25) is 0 Å². The van der Waals surface area contributed by atoms with E-state index in [1.807, 2.05) is 29.5 Å². The molecule has 2 heterocycles. The third-order valence-corrected chi connectivity index (χ3v) is 12.7. The molecule has 0 aliphatic heterocycles. The Bertz CT molecular complexity index is 3140. The van der Waals surface area contributed by atoms with E-state index in [2.05, 4.69) is 206 Å². The fourth-order valence-corrected chi connectivity index (χ4v) is 9.68. The van der Waals surface area contributed by atoms with Crippen molar-refractivity contribution in [1.29, 1.82) is 0 Å². The highest BCUT2D eigenvalue weighted by molar-refractivity contribution is 7.26. The number of anilines is 3. The Kier molecular flexibility index (Phi) is 8.53. The van der Waals surface area contributed by atoms with Gasteiger partial charge in [0.1, 0.15) is 11.2 Å². The van der Waals surface area contributed by atoms with Crippen molar-refractivity contribution >= 4 is 76.6 Å². The number of fused-ring (bicyclic) bond motifs is 6. The van der Waals surface area contributed by atoms with Crippen LogP contribution in [0, 0.1) is 0 Å². The van der Waals surface area contributed by atoms with E-state index in [0.29, 0.717) is 0 Å². The molecule has 9 aromatic carbocycles. The molecule has 0 atom stereocenters. The third-order valence-electron chi connectivity index (χ3n) is 11.5. The molecule has 2 nitrogen and oxygen atoms in total. The maximum absolute atomic E-state index is 6.42. The molecular weight excluding hydrogens is 735 g/mol. The Morgan fingerprint density at radius 1 is 0.390 bits per heavy atom. The summed E-state index contributed by atoms with van der Waals surface area (Å²) in [6, 6.07) is 74.2. The zero-order valence-corrected chi connectivity index (χ0v) is 33.0. The lowest BCUT2D eigenvalue weighted by Gasteiger charge is -2.26. The lowest BCUT2D eigenvalue weighted by Crippen LogP contribution is -2.09. The van der Waals surface area contributed by atoms with Gasteiger partial charge in [0, 0.05) is 53.6 Å². The highest BCUT2D eigenvalue weighted by Crippen LogP contribution is 2.43. The number of nitrogens with zero attached hydrogens (tertiary/aromatic N) is 1. The molecule has 11 rings (SSSR count). The lowest BCUT2D eigenvalue weighted by atomic mass is 9.99. The van der Waals surface area contributed by atoms with Crippen molar-refractivity contribution in [3.05, 3.63) is 218 Å². The summed E-state index contributed by atoms with van der Waals surface area (Å²) in [7, 11) is 0. The second kappa shape index (κ2) is 14.5. The van der Waals surface area contributed by atoms with E-state index in [9.17, 15) is 0 Å². The van der Waals surface area contributed by atoms with Crippen molar-refractivity contribution in [3.8, 4) is 44.5 Å². The van der Waals surface area contributed by atoms with Gasteiger partial charge < -0.3 is 9.32 Å². The first kappa shape index (κ1) is 34.8. The van der Waals surface area contributed by atoms with E-state index in [4.69, 9.17) is 4.42 Å². The molecule has 0 bridgehead atoms. The molecule has 0 radical (unpaired) electrons. The third kappa shape index (κ3) is 6.20. The van der Waals surface area contributed by atoms with Gasteiger partial charge in [0.2, 0.25) is 0 Å². The van der Waals surface area contributed by atoms with Crippen LogP contribution in [0.25, 0.3) is 92.7 Å². The fourth-order valence-electron chi connectivity index (χ4n) is 8.45. The summed E-state index contributed by atoms with van der Waals surface area (Å²) in [4.78, 5) is 2.34. The van der Waals surface area contributed by atoms with E-state index in [1.54, 1.807) is 0 Å². The normalized spacial score (nSPS) is 11.5.